The number of thiophene rings is 1. The highest BCUT2D eigenvalue weighted by molar-refractivity contribution is 7.13. The summed E-state index contributed by atoms with van der Waals surface area (Å²) in [4.78, 5) is 24.7. The number of carbonyl (C=O) groups is 2. The first-order valence-electron chi connectivity index (χ1n) is 5.78. The fourth-order valence-electron chi connectivity index (χ4n) is 1.53. The van der Waals surface area contributed by atoms with Gasteiger partial charge in [0, 0.05) is 5.92 Å². The van der Waals surface area contributed by atoms with Gasteiger partial charge in [-0.3, -0.25) is 9.59 Å². The standard InChI is InChI=1S/C13H13ClO3S/c1-2-17-7-9(11(15)8-3-4-8)12(16)13-10(14)5-6-18-13/h5-8H,2-4H2,1H3/b9-7-. The predicted molar refractivity (Wildman–Crippen MR) is 71.1 cm³/mol. The molecule has 0 saturated heterocycles. The molecule has 96 valence electrons. The molecule has 0 atom stereocenters. The maximum Gasteiger partial charge on any atom is 0.211 e. The second-order valence-corrected chi connectivity index (χ2v) is 5.38. The van der Waals surface area contributed by atoms with E-state index in [9.17, 15) is 9.59 Å². The average molecular weight is 285 g/mol. The number of hydrogen-bond donors (Lipinski definition) is 0. The summed E-state index contributed by atoms with van der Waals surface area (Å²) in [5.41, 5.74) is 0.115. The lowest BCUT2D eigenvalue weighted by Gasteiger charge is -2.04. The zero-order valence-electron chi connectivity index (χ0n) is 9.94. The normalized spacial score (nSPS) is 15.6. The van der Waals surface area contributed by atoms with Gasteiger partial charge in [0.25, 0.3) is 0 Å². The van der Waals surface area contributed by atoms with Gasteiger partial charge in [0.15, 0.2) is 5.78 Å². The lowest BCUT2D eigenvalue weighted by Crippen LogP contribution is -2.15. The molecular weight excluding hydrogens is 272 g/mol. The van der Waals surface area contributed by atoms with Crippen molar-refractivity contribution >= 4 is 34.5 Å². The Morgan fingerprint density at radius 1 is 1.56 bits per heavy atom. The van der Waals surface area contributed by atoms with Crippen LogP contribution in [0.4, 0.5) is 0 Å². The van der Waals surface area contributed by atoms with Crippen molar-refractivity contribution in [1.29, 1.82) is 0 Å². The van der Waals surface area contributed by atoms with E-state index in [2.05, 4.69) is 0 Å². The minimum atomic E-state index is -0.333. The summed E-state index contributed by atoms with van der Waals surface area (Å²) in [5, 5.41) is 2.12. The number of hydrogen-bond acceptors (Lipinski definition) is 4. The zero-order valence-corrected chi connectivity index (χ0v) is 11.5. The molecule has 1 fully saturated rings. The van der Waals surface area contributed by atoms with Crippen LogP contribution in [0.15, 0.2) is 23.3 Å². The molecule has 1 aliphatic rings. The van der Waals surface area contributed by atoms with E-state index >= 15 is 0 Å². The van der Waals surface area contributed by atoms with E-state index in [1.807, 2.05) is 0 Å². The van der Waals surface area contributed by atoms with Gasteiger partial charge in [-0.1, -0.05) is 11.6 Å². The first kappa shape index (κ1) is 13.3. The first-order valence-corrected chi connectivity index (χ1v) is 7.04. The molecule has 18 heavy (non-hydrogen) atoms. The highest BCUT2D eigenvalue weighted by Crippen LogP contribution is 2.34. The van der Waals surface area contributed by atoms with Crippen LogP contribution >= 0.6 is 22.9 Å². The molecular formula is C13H13ClO3S. The summed E-state index contributed by atoms with van der Waals surface area (Å²) in [5.74, 6) is -0.474. The maximum atomic E-state index is 12.3. The number of ether oxygens (including phenoxy) is 1. The van der Waals surface area contributed by atoms with Crippen LogP contribution in [-0.4, -0.2) is 18.2 Å². The van der Waals surface area contributed by atoms with Crippen LogP contribution < -0.4 is 0 Å². The average Bonchev–Trinajstić information content (AvgIpc) is 3.12. The van der Waals surface area contributed by atoms with Crippen LogP contribution in [0.1, 0.15) is 29.4 Å². The van der Waals surface area contributed by atoms with E-state index in [-0.39, 0.29) is 23.1 Å². The Kier molecular flexibility index (Phi) is 4.19. The van der Waals surface area contributed by atoms with E-state index in [0.29, 0.717) is 16.5 Å². The Bertz CT molecular complexity index is 500. The Hall–Kier alpha value is -1.13. The molecule has 0 radical (unpaired) electrons. The van der Waals surface area contributed by atoms with Crippen molar-refractivity contribution in [2.45, 2.75) is 19.8 Å². The van der Waals surface area contributed by atoms with Crippen LogP contribution in [-0.2, 0) is 9.53 Å². The van der Waals surface area contributed by atoms with Crippen LogP contribution in [0.3, 0.4) is 0 Å². The lowest BCUT2D eigenvalue weighted by molar-refractivity contribution is -0.116. The second-order valence-electron chi connectivity index (χ2n) is 4.05. The first-order chi connectivity index (χ1) is 8.65. The largest absolute Gasteiger partial charge is 0.501 e. The number of Topliss-reactive ketones (excluding diaryl/α,β-unsaturated/α-hetero) is 2. The predicted octanol–water partition coefficient (Wildman–Crippen LogP) is 3.48. The van der Waals surface area contributed by atoms with Crippen molar-refractivity contribution in [2.24, 2.45) is 5.92 Å². The van der Waals surface area contributed by atoms with Crippen LogP contribution in [0.2, 0.25) is 5.02 Å². The molecule has 0 N–H and O–H groups in total. The summed E-state index contributed by atoms with van der Waals surface area (Å²) in [6.45, 7) is 2.23. The van der Waals surface area contributed by atoms with Crippen molar-refractivity contribution in [1.82, 2.24) is 0 Å². The van der Waals surface area contributed by atoms with Crippen LogP contribution in [0.5, 0.6) is 0 Å². The number of allylic oxidation sites excluding steroid dienone is 1. The Labute approximate surface area is 114 Å². The molecule has 0 unspecified atom stereocenters. The smallest absolute Gasteiger partial charge is 0.211 e. The quantitative estimate of drug-likeness (QED) is 0.264. The lowest BCUT2D eigenvalue weighted by atomic mass is 10.0. The van der Waals surface area contributed by atoms with Crippen molar-refractivity contribution < 1.29 is 14.3 Å². The summed E-state index contributed by atoms with van der Waals surface area (Å²) in [6, 6.07) is 1.65. The molecule has 1 aliphatic carbocycles. The zero-order chi connectivity index (χ0) is 13.1. The van der Waals surface area contributed by atoms with Crippen LogP contribution in [0.25, 0.3) is 0 Å². The fraction of sp³-hybridized carbons (Fsp3) is 0.385. The minimum absolute atomic E-state index is 0.0145. The van der Waals surface area contributed by atoms with E-state index in [4.69, 9.17) is 16.3 Å². The third kappa shape index (κ3) is 2.82. The van der Waals surface area contributed by atoms with Gasteiger partial charge in [-0.25, -0.2) is 0 Å². The third-order valence-electron chi connectivity index (χ3n) is 2.65. The van der Waals surface area contributed by atoms with Crippen molar-refractivity contribution in [3.05, 3.63) is 33.2 Å². The molecule has 0 aromatic carbocycles. The van der Waals surface area contributed by atoms with Gasteiger partial charge in [-0.15, -0.1) is 11.3 Å². The van der Waals surface area contributed by atoms with Crippen molar-refractivity contribution in [3.63, 3.8) is 0 Å². The van der Waals surface area contributed by atoms with Gasteiger partial charge in [-0.05, 0) is 31.2 Å². The Balaban J connectivity index is 2.26. The van der Waals surface area contributed by atoms with Crippen LogP contribution in [0, 0.1) is 5.92 Å². The molecule has 2 rings (SSSR count). The van der Waals surface area contributed by atoms with E-state index in [1.54, 1.807) is 18.4 Å². The van der Waals surface area contributed by atoms with Gasteiger partial charge in [-0.2, -0.15) is 0 Å². The highest BCUT2D eigenvalue weighted by Gasteiger charge is 2.35. The third-order valence-corrected chi connectivity index (χ3v) is 3.99. The summed E-state index contributed by atoms with van der Waals surface area (Å²) in [6.07, 6.45) is 2.99. The highest BCUT2D eigenvalue weighted by atomic mass is 35.5. The molecule has 1 aromatic heterocycles. The molecule has 5 heteroatoms. The monoisotopic (exact) mass is 284 g/mol. The van der Waals surface area contributed by atoms with Crippen molar-refractivity contribution in [2.75, 3.05) is 6.61 Å². The minimum Gasteiger partial charge on any atom is -0.501 e. The summed E-state index contributed by atoms with van der Waals surface area (Å²) in [7, 11) is 0. The number of carbonyl (C=O) groups excluding carboxylic acids is 2. The number of rotatable bonds is 6. The molecule has 1 heterocycles. The van der Waals surface area contributed by atoms with E-state index in [0.717, 1.165) is 12.8 Å². The Morgan fingerprint density at radius 2 is 2.28 bits per heavy atom. The molecule has 1 aromatic rings. The number of halogens is 1. The van der Waals surface area contributed by atoms with Gasteiger partial charge in [0.2, 0.25) is 5.78 Å². The topological polar surface area (TPSA) is 43.4 Å². The molecule has 0 aliphatic heterocycles. The fourth-order valence-corrected chi connectivity index (χ4v) is 2.63. The molecule has 0 spiro atoms. The van der Waals surface area contributed by atoms with E-state index < -0.39 is 0 Å². The number of ketones is 2. The summed E-state index contributed by atoms with van der Waals surface area (Å²) >= 11 is 7.16. The van der Waals surface area contributed by atoms with Gasteiger partial charge < -0.3 is 4.74 Å². The Morgan fingerprint density at radius 3 is 2.78 bits per heavy atom. The van der Waals surface area contributed by atoms with Gasteiger partial charge >= 0.3 is 0 Å². The van der Waals surface area contributed by atoms with E-state index in [1.165, 1.54) is 17.6 Å². The second kappa shape index (κ2) is 5.67. The maximum absolute atomic E-state index is 12.3. The molecule has 0 amide bonds. The summed E-state index contributed by atoms with van der Waals surface area (Å²) < 4.78 is 5.11. The molecule has 3 nitrogen and oxygen atoms in total. The van der Waals surface area contributed by atoms with Gasteiger partial charge in [0.05, 0.1) is 22.8 Å². The van der Waals surface area contributed by atoms with Gasteiger partial charge in [0.1, 0.15) is 5.57 Å². The van der Waals surface area contributed by atoms with Crippen molar-refractivity contribution in [3.8, 4) is 0 Å². The molecule has 0 bridgehead atoms. The SMILES string of the molecule is CCO/C=C(\C(=O)c1sccc1Cl)C(=O)C1CC1. The molecule has 1 saturated carbocycles.